The van der Waals surface area contributed by atoms with Gasteiger partial charge in [0.1, 0.15) is 0 Å². The fraction of sp³-hybridized carbons (Fsp3) is 0.211. The summed E-state index contributed by atoms with van der Waals surface area (Å²) < 4.78 is 5.06. The number of esters is 1. The number of hydrogen-bond acceptors (Lipinski definition) is 4. The monoisotopic (exact) mass is 406 g/mol. The van der Waals surface area contributed by atoms with Crippen LogP contribution >= 0.6 is 23.2 Å². The number of halogens is 2. The van der Waals surface area contributed by atoms with Gasteiger partial charge in [-0.1, -0.05) is 35.3 Å². The summed E-state index contributed by atoms with van der Waals surface area (Å²) in [6, 6.07) is 13.5. The van der Waals surface area contributed by atoms with Crippen LogP contribution in [0.1, 0.15) is 6.42 Å². The van der Waals surface area contributed by atoms with E-state index in [2.05, 4.69) is 5.32 Å². The zero-order valence-corrected chi connectivity index (χ0v) is 15.7. The first-order valence-corrected chi connectivity index (χ1v) is 8.96. The normalized spacial score (nSPS) is 16.3. The number of nitrogens with zero attached hydrogens (tertiary/aromatic N) is 1. The lowest BCUT2D eigenvalue weighted by atomic mass is 10.1. The Balaban J connectivity index is 1.52. The Kier molecular flexibility index (Phi) is 5.98. The minimum atomic E-state index is -0.629. The summed E-state index contributed by atoms with van der Waals surface area (Å²) in [7, 11) is 0. The van der Waals surface area contributed by atoms with Gasteiger partial charge in [0, 0.05) is 34.4 Å². The third-order valence-electron chi connectivity index (χ3n) is 4.03. The van der Waals surface area contributed by atoms with E-state index in [1.807, 2.05) is 0 Å². The molecular weight excluding hydrogens is 391 g/mol. The van der Waals surface area contributed by atoms with Gasteiger partial charge in [-0.2, -0.15) is 0 Å². The maximum absolute atomic E-state index is 12.2. The number of amides is 2. The number of hydrogen-bond donors (Lipinski definition) is 1. The molecule has 8 heteroatoms. The van der Waals surface area contributed by atoms with Gasteiger partial charge in [-0.25, -0.2) is 0 Å². The van der Waals surface area contributed by atoms with Crippen molar-refractivity contribution in [3.63, 3.8) is 0 Å². The summed E-state index contributed by atoms with van der Waals surface area (Å²) in [5.74, 6) is -1.89. The van der Waals surface area contributed by atoms with Gasteiger partial charge in [-0.15, -0.1) is 0 Å². The molecule has 1 heterocycles. The topological polar surface area (TPSA) is 75.7 Å². The fourth-order valence-corrected chi connectivity index (χ4v) is 3.15. The molecule has 0 aromatic heterocycles. The second-order valence-corrected chi connectivity index (χ2v) is 6.92. The van der Waals surface area contributed by atoms with Gasteiger partial charge in [-0.3, -0.25) is 14.4 Å². The predicted molar refractivity (Wildman–Crippen MR) is 103 cm³/mol. The Hall–Kier alpha value is -2.57. The van der Waals surface area contributed by atoms with Crippen molar-refractivity contribution in [3.05, 3.63) is 58.6 Å². The Morgan fingerprint density at radius 1 is 1.11 bits per heavy atom. The molecule has 0 aliphatic carbocycles. The summed E-state index contributed by atoms with van der Waals surface area (Å²) in [6.45, 7) is -0.249. The minimum absolute atomic E-state index is 0.0290. The number of benzene rings is 2. The van der Waals surface area contributed by atoms with Crippen LogP contribution in [-0.2, 0) is 19.1 Å². The van der Waals surface area contributed by atoms with E-state index in [4.69, 9.17) is 27.9 Å². The standard InChI is InChI=1S/C19H16Cl2N2O4/c20-13-3-1-5-15(8-13)22-17(24)11-27-19(26)12-7-18(25)23(10-12)16-6-2-4-14(21)9-16/h1-6,8-9,12H,7,10-11H2,(H,22,24). The van der Waals surface area contributed by atoms with Gasteiger partial charge in [0.2, 0.25) is 5.91 Å². The summed E-state index contributed by atoms with van der Waals surface area (Å²) in [6.07, 6.45) is 0.0290. The first-order valence-electron chi connectivity index (χ1n) is 8.20. The van der Waals surface area contributed by atoms with E-state index in [1.54, 1.807) is 48.5 Å². The predicted octanol–water partition coefficient (Wildman–Crippen LogP) is 3.53. The van der Waals surface area contributed by atoms with E-state index in [0.29, 0.717) is 21.4 Å². The van der Waals surface area contributed by atoms with Crippen LogP contribution in [0.25, 0.3) is 0 Å². The highest BCUT2D eigenvalue weighted by Gasteiger charge is 2.36. The van der Waals surface area contributed by atoms with Gasteiger partial charge < -0.3 is 15.0 Å². The Morgan fingerprint density at radius 3 is 2.52 bits per heavy atom. The van der Waals surface area contributed by atoms with Gasteiger partial charge >= 0.3 is 5.97 Å². The smallest absolute Gasteiger partial charge is 0.311 e. The SMILES string of the molecule is O=C(COC(=O)C1CC(=O)N(c2cccc(Cl)c2)C1)Nc1cccc(Cl)c1. The lowest BCUT2D eigenvalue weighted by Crippen LogP contribution is -2.28. The van der Waals surface area contributed by atoms with Gasteiger partial charge in [0.05, 0.1) is 5.92 Å². The van der Waals surface area contributed by atoms with Crippen molar-refractivity contribution in [2.24, 2.45) is 5.92 Å². The molecule has 1 N–H and O–H groups in total. The highest BCUT2D eigenvalue weighted by atomic mass is 35.5. The van der Waals surface area contributed by atoms with E-state index in [1.165, 1.54) is 4.90 Å². The average Bonchev–Trinajstić information content (AvgIpc) is 3.01. The fourth-order valence-electron chi connectivity index (χ4n) is 2.78. The molecule has 1 aliphatic heterocycles. The van der Waals surface area contributed by atoms with E-state index in [0.717, 1.165) is 0 Å². The third-order valence-corrected chi connectivity index (χ3v) is 4.50. The van der Waals surface area contributed by atoms with Gasteiger partial charge in [0.15, 0.2) is 6.61 Å². The van der Waals surface area contributed by atoms with Crippen molar-refractivity contribution in [3.8, 4) is 0 Å². The molecule has 6 nitrogen and oxygen atoms in total. The molecule has 0 saturated carbocycles. The van der Waals surface area contributed by atoms with E-state index < -0.39 is 24.4 Å². The lowest BCUT2D eigenvalue weighted by Gasteiger charge is -2.16. The zero-order chi connectivity index (χ0) is 19.4. The van der Waals surface area contributed by atoms with Crippen LogP contribution in [0.15, 0.2) is 48.5 Å². The third kappa shape index (κ3) is 4.99. The summed E-state index contributed by atoms with van der Waals surface area (Å²) in [4.78, 5) is 37.8. The molecule has 1 atom stereocenters. The van der Waals surface area contributed by atoms with E-state index in [9.17, 15) is 14.4 Å². The van der Waals surface area contributed by atoms with E-state index in [-0.39, 0.29) is 18.9 Å². The number of carbonyl (C=O) groups is 3. The maximum atomic E-state index is 12.2. The molecule has 27 heavy (non-hydrogen) atoms. The number of nitrogens with one attached hydrogen (secondary N) is 1. The van der Waals surface area contributed by atoms with Crippen LogP contribution in [0.5, 0.6) is 0 Å². The quantitative estimate of drug-likeness (QED) is 0.770. The first kappa shape index (κ1) is 19.2. The van der Waals surface area contributed by atoms with Crippen LogP contribution in [0.2, 0.25) is 10.0 Å². The first-order chi connectivity index (χ1) is 12.9. The van der Waals surface area contributed by atoms with Crippen molar-refractivity contribution in [1.82, 2.24) is 0 Å². The van der Waals surface area contributed by atoms with Crippen molar-refractivity contribution in [2.75, 3.05) is 23.4 Å². The van der Waals surface area contributed by atoms with Gasteiger partial charge in [0.25, 0.3) is 5.91 Å². The van der Waals surface area contributed by atoms with E-state index >= 15 is 0 Å². The maximum Gasteiger partial charge on any atom is 0.311 e. The molecule has 140 valence electrons. The molecule has 1 aliphatic rings. The largest absolute Gasteiger partial charge is 0.455 e. The lowest BCUT2D eigenvalue weighted by molar-refractivity contribution is -0.151. The molecular formula is C19H16Cl2N2O4. The number of carbonyl (C=O) groups excluding carboxylic acids is 3. The van der Waals surface area contributed by atoms with Crippen LogP contribution < -0.4 is 10.2 Å². The Morgan fingerprint density at radius 2 is 1.81 bits per heavy atom. The molecule has 0 bridgehead atoms. The highest BCUT2D eigenvalue weighted by Crippen LogP contribution is 2.27. The molecule has 1 saturated heterocycles. The van der Waals surface area contributed by atoms with Crippen LogP contribution in [0.3, 0.4) is 0 Å². The molecule has 1 fully saturated rings. The van der Waals surface area contributed by atoms with Crippen molar-refractivity contribution >= 4 is 52.4 Å². The molecule has 2 amide bonds. The second kappa shape index (κ2) is 8.41. The molecule has 2 aromatic carbocycles. The number of ether oxygens (including phenoxy) is 1. The average molecular weight is 407 g/mol. The Labute approximate surface area is 166 Å². The van der Waals surface area contributed by atoms with Crippen molar-refractivity contribution in [1.29, 1.82) is 0 Å². The van der Waals surface area contributed by atoms with Crippen LogP contribution in [0, 0.1) is 5.92 Å². The summed E-state index contributed by atoms with van der Waals surface area (Å²) >= 11 is 11.8. The van der Waals surface area contributed by atoms with Crippen molar-refractivity contribution in [2.45, 2.75) is 6.42 Å². The molecule has 0 spiro atoms. The minimum Gasteiger partial charge on any atom is -0.455 e. The zero-order valence-electron chi connectivity index (χ0n) is 14.2. The molecule has 0 radical (unpaired) electrons. The summed E-state index contributed by atoms with van der Waals surface area (Å²) in [5.41, 5.74) is 1.13. The van der Waals surface area contributed by atoms with Crippen LogP contribution in [0.4, 0.5) is 11.4 Å². The number of rotatable bonds is 5. The molecule has 2 aromatic rings. The molecule has 3 rings (SSSR count). The number of anilines is 2. The second-order valence-electron chi connectivity index (χ2n) is 6.05. The van der Waals surface area contributed by atoms with Gasteiger partial charge in [-0.05, 0) is 36.4 Å². The highest BCUT2D eigenvalue weighted by molar-refractivity contribution is 6.31. The molecule has 1 unspecified atom stereocenters. The van der Waals surface area contributed by atoms with Crippen LogP contribution in [-0.4, -0.2) is 30.9 Å². The Bertz CT molecular complexity index is 888. The summed E-state index contributed by atoms with van der Waals surface area (Å²) in [5, 5.41) is 3.57. The van der Waals surface area contributed by atoms with Crippen molar-refractivity contribution < 1.29 is 19.1 Å².